The molecule has 0 fully saturated rings. The van der Waals surface area contributed by atoms with Gasteiger partial charge in [-0.05, 0) is 24.6 Å². The lowest BCUT2D eigenvalue weighted by atomic mass is 10.2. The number of nitrogens with zero attached hydrogens (tertiary/aromatic N) is 3. The SMILES string of the molecule is Cc1ccccc1OCCN(C)C(=O)Cn1ccc(C(F)(F)F)n1. The molecule has 130 valence electrons. The van der Waals surface area contributed by atoms with Crippen molar-refractivity contribution in [3.8, 4) is 5.75 Å². The van der Waals surface area contributed by atoms with Gasteiger partial charge in [0, 0.05) is 13.2 Å². The number of ether oxygens (including phenoxy) is 1. The molecule has 0 radical (unpaired) electrons. The Morgan fingerprint density at radius 2 is 2.00 bits per heavy atom. The van der Waals surface area contributed by atoms with E-state index < -0.39 is 11.9 Å². The molecule has 24 heavy (non-hydrogen) atoms. The number of halogens is 3. The average Bonchev–Trinajstić information content (AvgIpc) is 2.97. The first-order valence-corrected chi connectivity index (χ1v) is 7.30. The number of benzene rings is 1. The Bertz CT molecular complexity index is 698. The zero-order valence-electron chi connectivity index (χ0n) is 13.4. The number of amides is 1. The summed E-state index contributed by atoms with van der Waals surface area (Å²) in [5.41, 5.74) is -0.0245. The van der Waals surface area contributed by atoms with Crippen LogP contribution in [0.1, 0.15) is 11.3 Å². The molecule has 2 aromatic rings. The second-order valence-electron chi connectivity index (χ2n) is 5.33. The highest BCUT2D eigenvalue weighted by Gasteiger charge is 2.33. The van der Waals surface area contributed by atoms with Crippen LogP contribution in [0.15, 0.2) is 36.5 Å². The number of alkyl halides is 3. The second-order valence-corrected chi connectivity index (χ2v) is 5.33. The number of aryl methyl sites for hydroxylation is 1. The molecule has 1 aromatic carbocycles. The minimum Gasteiger partial charge on any atom is -0.491 e. The fourth-order valence-electron chi connectivity index (χ4n) is 2.00. The Kier molecular flexibility index (Phi) is 5.48. The number of hydrogen-bond acceptors (Lipinski definition) is 3. The van der Waals surface area contributed by atoms with Crippen LogP contribution in [0.25, 0.3) is 0 Å². The molecule has 1 amide bonds. The van der Waals surface area contributed by atoms with Crippen molar-refractivity contribution in [1.82, 2.24) is 14.7 Å². The van der Waals surface area contributed by atoms with E-state index in [0.29, 0.717) is 13.2 Å². The van der Waals surface area contributed by atoms with Crippen molar-refractivity contribution in [2.24, 2.45) is 0 Å². The third-order valence-corrected chi connectivity index (χ3v) is 3.43. The van der Waals surface area contributed by atoms with E-state index >= 15 is 0 Å². The van der Waals surface area contributed by atoms with E-state index in [4.69, 9.17) is 4.74 Å². The maximum atomic E-state index is 12.5. The van der Waals surface area contributed by atoms with Crippen molar-refractivity contribution in [3.63, 3.8) is 0 Å². The largest absolute Gasteiger partial charge is 0.491 e. The third kappa shape index (κ3) is 4.74. The minimum atomic E-state index is -4.51. The predicted octanol–water partition coefficient (Wildman–Crippen LogP) is 2.75. The molecule has 2 rings (SSSR count). The molecular weight excluding hydrogens is 323 g/mol. The molecule has 5 nitrogen and oxygen atoms in total. The summed E-state index contributed by atoms with van der Waals surface area (Å²) in [7, 11) is 1.57. The Hall–Kier alpha value is -2.51. The summed E-state index contributed by atoms with van der Waals surface area (Å²) in [5, 5.41) is 3.36. The summed E-state index contributed by atoms with van der Waals surface area (Å²) in [4.78, 5) is 13.4. The van der Waals surface area contributed by atoms with Crippen LogP contribution in [-0.4, -0.2) is 40.8 Å². The highest BCUT2D eigenvalue weighted by atomic mass is 19.4. The van der Waals surface area contributed by atoms with Gasteiger partial charge in [0.05, 0.1) is 6.54 Å². The fraction of sp³-hybridized carbons (Fsp3) is 0.375. The van der Waals surface area contributed by atoms with Crippen molar-refractivity contribution in [2.45, 2.75) is 19.6 Å². The molecule has 8 heteroatoms. The van der Waals surface area contributed by atoms with Gasteiger partial charge >= 0.3 is 6.18 Å². The second kappa shape index (κ2) is 7.37. The van der Waals surface area contributed by atoms with Gasteiger partial charge in [0.1, 0.15) is 18.9 Å². The van der Waals surface area contributed by atoms with Crippen molar-refractivity contribution in [1.29, 1.82) is 0 Å². The molecule has 0 spiro atoms. The van der Waals surface area contributed by atoms with Gasteiger partial charge in [-0.25, -0.2) is 0 Å². The van der Waals surface area contributed by atoms with E-state index in [1.165, 1.54) is 4.90 Å². The number of carbonyl (C=O) groups excluding carboxylic acids is 1. The predicted molar refractivity (Wildman–Crippen MR) is 81.5 cm³/mol. The Morgan fingerprint density at radius 3 is 2.62 bits per heavy atom. The molecule has 0 saturated carbocycles. The summed E-state index contributed by atoms with van der Waals surface area (Å²) >= 11 is 0. The Balaban J connectivity index is 1.82. The Morgan fingerprint density at radius 1 is 1.29 bits per heavy atom. The molecule has 0 aliphatic rings. The number of likely N-dealkylation sites (N-methyl/N-ethyl adjacent to an activating group) is 1. The normalized spacial score (nSPS) is 11.4. The third-order valence-electron chi connectivity index (χ3n) is 3.43. The summed E-state index contributed by atoms with van der Waals surface area (Å²) in [5.74, 6) is 0.389. The van der Waals surface area contributed by atoms with Crippen molar-refractivity contribution in [3.05, 3.63) is 47.8 Å². The number of para-hydroxylation sites is 1. The van der Waals surface area contributed by atoms with Crippen LogP contribution in [0, 0.1) is 6.92 Å². The fourth-order valence-corrected chi connectivity index (χ4v) is 2.00. The van der Waals surface area contributed by atoms with Gasteiger partial charge in [-0.3, -0.25) is 9.48 Å². The van der Waals surface area contributed by atoms with E-state index in [1.54, 1.807) is 7.05 Å². The van der Waals surface area contributed by atoms with Gasteiger partial charge in [0.15, 0.2) is 5.69 Å². The van der Waals surface area contributed by atoms with Gasteiger partial charge in [-0.2, -0.15) is 18.3 Å². The topological polar surface area (TPSA) is 47.4 Å². The van der Waals surface area contributed by atoms with Crippen LogP contribution in [0.2, 0.25) is 0 Å². The van der Waals surface area contributed by atoms with Crippen LogP contribution in [0.5, 0.6) is 5.75 Å². The smallest absolute Gasteiger partial charge is 0.435 e. The highest BCUT2D eigenvalue weighted by Crippen LogP contribution is 2.27. The standard InChI is InChI=1S/C16H18F3N3O2/c1-12-5-3-4-6-13(12)24-10-9-21(2)15(23)11-22-8-7-14(20-22)16(17,18)19/h3-8H,9-11H2,1-2H3. The van der Waals surface area contributed by atoms with Crippen LogP contribution >= 0.6 is 0 Å². The van der Waals surface area contributed by atoms with Gasteiger partial charge in [-0.1, -0.05) is 18.2 Å². The molecule has 0 N–H and O–H groups in total. The maximum absolute atomic E-state index is 12.5. The zero-order valence-corrected chi connectivity index (χ0v) is 13.4. The van der Waals surface area contributed by atoms with Crippen LogP contribution < -0.4 is 4.74 Å². The number of rotatable bonds is 6. The summed E-state index contributed by atoms with van der Waals surface area (Å²) < 4.78 is 44.0. The van der Waals surface area contributed by atoms with E-state index in [2.05, 4.69) is 5.10 Å². The van der Waals surface area contributed by atoms with Crippen molar-refractivity contribution in [2.75, 3.05) is 20.2 Å². The molecule has 1 heterocycles. The minimum absolute atomic E-state index is 0.253. The molecule has 0 saturated heterocycles. The molecule has 0 unspecified atom stereocenters. The lowest BCUT2D eigenvalue weighted by Gasteiger charge is -2.18. The Labute approximate surface area is 137 Å². The molecule has 0 aliphatic heterocycles. The monoisotopic (exact) mass is 341 g/mol. The molecule has 0 bridgehead atoms. The molecule has 0 atom stereocenters. The van der Waals surface area contributed by atoms with E-state index in [9.17, 15) is 18.0 Å². The summed E-state index contributed by atoms with van der Waals surface area (Å²) in [6, 6.07) is 8.35. The van der Waals surface area contributed by atoms with Crippen molar-refractivity contribution >= 4 is 5.91 Å². The van der Waals surface area contributed by atoms with Gasteiger partial charge in [0.25, 0.3) is 0 Å². The molecule has 0 aliphatic carbocycles. The number of aromatic nitrogens is 2. The molecule has 1 aromatic heterocycles. The van der Waals surface area contributed by atoms with E-state index in [0.717, 1.165) is 28.3 Å². The van der Waals surface area contributed by atoms with Crippen molar-refractivity contribution < 1.29 is 22.7 Å². The lowest BCUT2D eigenvalue weighted by Crippen LogP contribution is -2.33. The maximum Gasteiger partial charge on any atom is 0.435 e. The van der Waals surface area contributed by atoms with Gasteiger partial charge < -0.3 is 9.64 Å². The number of carbonyl (C=O) groups is 1. The highest BCUT2D eigenvalue weighted by molar-refractivity contribution is 5.75. The van der Waals surface area contributed by atoms with Gasteiger partial charge in [0.2, 0.25) is 5.91 Å². The average molecular weight is 341 g/mol. The summed E-state index contributed by atoms with van der Waals surface area (Å²) in [6.45, 7) is 2.28. The first-order chi connectivity index (χ1) is 11.3. The van der Waals surface area contributed by atoms with Crippen LogP contribution in [0.4, 0.5) is 13.2 Å². The number of hydrogen-bond donors (Lipinski definition) is 0. The summed E-state index contributed by atoms with van der Waals surface area (Å²) in [6.07, 6.45) is -3.38. The van der Waals surface area contributed by atoms with Crippen LogP contribution in [0.3, 0.4) is 0 Å². The zero-order chi connectivity index (χ0) is 17.7. The first-order valence-electron chi connectivity index (χ1n) is 7.30. The quantitative estimate of drug-likeness (QED) is 0.812. The van der Waals surface area contributed by atoms with E-state index in [-0.39, 0.29) is 12.5 Å². The lowest BCUT2D eigenvalue weighted by molar-refractivity contribution is -0.142. The van der Waals surface area contributed by atoms with Crippen LogP contribution in [-0.2, 0) is 17.5 Å². The van der Waals surface area contributed by atoms with E-state index in [1.807, 2.05) is 31.2 Å². The first kappa shape index (κ1) is 17.8. The van der Waals surface area contributed by atoms with Gasteiger partial charge in [-0.15, -0.1) is 0 Å². The molecular formula is C16H18F3N3O2.